The number of benzene rings is 1. The van der Waals surface area contributed by atoms with Gasteiger partial charge in [-0.1, -0.05) is 0 Å². The van der Waals surface area contributed by atoms with Crippen LogP contribution < -0.4 is 0 Å². The highest BCUT2D eigenvalue weighted by Gasteiger charge is 2.35. The van der Waals surface area contributed by atoms with Crippen LogP contribution in [0.15, 0.2) is 46.0 Å². The zero-order valence-electron chi connectivity index (χ0n) is 14.5. The van der Waals surface area contributed by atoms with Crippen LogP contribution in [0.25, 0.3) is 17.2 Å². The minimum absolute atomic E-state index is 0.0197. The van der Waals surface area contributed by atoms with Gasteiger partial charge in [-0.15, -0.1) is 0 Å². The number of alkyl halides is 3. The summed E-state index contributed by atoms with van der Waals surface area (Å²) in [5, 5.41) is 0. The van der Waals surface area contributed by atoms with Crippen molar-refractivity contribution in [2.45, 2.75) is 18.0 Å². The molecule has 0 atom stereocenters. The first kappa shape index (κ1) is 19.1. The molecule has 0 fully saturated rings. The van der Waals surface area contributed by atoms with Crippen molar-refractivity contribution in [1.82, 2.24) is 18.8 Å². The summed E-state index contributed by atoms with van der Waals surface area (Å²) in [7, 11) is -0.874. The number of rotatable bonds is 4. The maximum Gasteiger partial charge on any atom is 0.434 e. The molecule has 27 heavy (non-hydrogen) atoms. The molecule has 2 aromatic heterocycles. The van der Waals surface area contributed by atoms with Crippen molar-refractivity contribution in [3.05, 3.63) is 48.3 Å². The van der Waals surface area contributed by atoms with Crippen LogP contribution in [0.4, 0.5) is 13.2 Å². The molecule has 0 saturated carbocycles. The molecule has 0 radical (unpaired) electrons. The van der Waals surface area contributed by atoms with Gasteiger partial charge in [0.2, 0.25) is 10.0 Å². The number of aromatic nitrogens is 3. The fraction of sp³-hybridized carbons (Fsp3) is 0.250. The molecule has 3 aromatic rings. The normalized spacial score (nSPS) is 12.7. The van der Waals surface area contributed by atoms with Gasteiger partial charge in [0.15, 0.2) is 17.4 Å². The number of hydrogen-bond acceptors (Lipinski definition) is 5. The summed E-state index contributed by atoms with van der Waals surface area (Å²) in [5.41, 5.74) is -0.664. The van der Waals surface area contributed by atoms with E-state index >= 15 is 0 Å². The van der Waals surface area contributed by atoms with Gasteiger partial charge in [-0.2, -0.15) is 13.2 Å². The number of oxazole rings is 1. The second-order valence-electron chi connectivity index (χ2n) is 5.85. The first-order chi connectivity index (χ1) is 12.5. The van der Waals surface area contributed by atoms with Crippen LogP contribution in [0.3, 0.4) is 0 Å². The van der Waals surface area contributed by atoms with Crippen molar-refractivity contribution in [1.29, 1.82) is 0 Å². The van der Waals surface area contributed by atoms with Crippen LogP contribution in [0.2, 0.25) is 0 Å². The molecule has 2 heterocycles. The first-order valence-electron chi connectivity index (χ1n) is 7.62. The zero-order valence-corrected chi connectivity index (χ0v) is 15.3. The SMILES string of the molecule is Cc1nc(-c2nc(C(F)(F)F)cn2-c2ccc(S(=O)(=O)N(C)C)cc2)co1. The standard InChI is InChI=1S/C16H15F3N4O3S/c1-10-20-13(9-26-10)15-21-14(16(17,18)19)8-23(15)11-4-6-12(7-5-11)27(24,25)22(2)3/h4-9H,1-3H3. The Balaban J connectivity index is 2.12. The van der Waals surface area contributed by atoms with Crippen molar-refractivity contribution < 1.29 is 26.0 Å². The molecule has 7 nitrogen and oxygen atoms in total. The van der Waals surface area contributed by atoms with E-state index in [9.17, 15) is 21.6 Å². The molecule has 11 heteroatoms. The third-order valence-corrected chi connectivity index (χ3v) is 5.57. The van der Waals surface area contributed by atoms with E-state index in [0.29, 0.717) is 5.69 Å². The lowest BCUT2D eigenvalue weighted by Gasteiger charge is -2.12. The highest BCUT2D eigenvalue weighted by molar-refractivity contribution is 7.89. The molecular weight excluding hydrogens is 385 g/mol. The minimum atomic E-state index is -4.65. The summed E-state index contributed by atoms with van der Waals surface area (Å²) >= 11 is 0. The highest BCUT2D eigenvalue weighted by Crippen LogP contribution is 2.32. The minimum Gasteiger partial charge on any atom is -0.449 e. The van der Waals surface area contributed by atoms with Crippen LogP contribution in [0.5, 0.6) is 0 Å². The molecule has 0 aliphatic carbocycles. The van der Waals surface area contributed by atoms with Gasteiger partial charge in [0.25, 0.3) is 0 Å². The average Bonchev–Trinajstić information content (AvgIpc) is 3.20. The van der Waals surface area contributed by atoms with E-state index in [1.807, 2.05) is 0 Å². The van der Waals surface area contributed by atoms with Gasteiger partial charge >= 0.3 is 6.18 Å². The van der Waals surface area contributed by atoms with E-state index < -0.39 is 21.9 Å². The van der Waals surface area contributed by atoms with E-state index in [0.717, 1.165) is 10.5 Å². The predicted octanol–water partition coefficient (Wildman–Crippen LogP) is 3.10. The van der Waals surface area contributed by atoms with E-state index in [1.54, 1.807) is 6.92 Å². The second kappa shape index (κ2) is 6.50. The van der Waals surface area contributed by atoms with Crippen LogP contribution in [-0.2, 0) is 16.2 Å². The Bertz CT molecular complexity index is 1070. The summed E-state index contributed by atoms with van der Waals surface area (Å²) in [4.78, 5) is 7.67. The van der Waals surface area contributed by atoms with Crippen molar-refractivity contribution in [2.75, 3.05) is 14.1 Å². The maximum absolute atomic E-state index is 13.1. The van der Waals surface area contributed by atoms with Crippen molar-refractivity contribution in [3.8, 4) is 17.2 Å². The fourth-order valence-corrected chi connectivity index (χ4v) is 3.25. The quantitative estimate of drug-likeness (QED) is 0.672. The van der Waals surface area contributed by atoms with Crippen LogP contribution in [-0.4, -0.2) is 41.4 Å². The summed E-state index contributed by atoms with van der Waals surface area (Å²) < 4.78 is 70.9. The van der Waals surface area contributed by atoms with Gasteiger partial charge in [-0.25, -0.2) is 22.7 Å². The largest absolute Gasteiger partial charge is 0.449 e. The Morgan fingerprint density at radius 2 is 1.74 bits per heavy atom. The van der Waals surface area contributed by atoms with Crippen LogP contribution in [0, 0.1) is 6.92 Å². The third kappa shape index (κ3) is 3.60. The number of halogens is 3. The lowest BCUT2D eigenvalue weighted by Crippen LogP contribution is -2.22. The summed E-state index contributed by atoms with van der Waals surface area (Å²) in [6.45, 7) is 1.56. The van der Waals surface area contributed by atoms with Gasteiger partial charge in [-0.3, -0.25) is 4.57 Å². The molecule has 0 unspecified atom stereocenters. The van der Waals surface area contributed by atoms with Crippen molar-refractivity contribution in [2.24, 2.45) is 0 Å². The molecule has 0 bridgehead atoms. The van der Waals surface area contributed by atoms with Crippen LogP contribution >= 0.6 is 0 Å². The fourth-order valence-electron chi connectivity index (χ4n) is 2.35. The van der Waals surface area contributed by atoms with Gasteiger partial charge < -0.3 is 4.42 Å². The number of aryl methyl sites for hydroxylation is 1. The van der Waals surface area contributed by atoms with E-state index in [-0.39, 0.29) is 22.3 Å². The van der Waals surface area contributed by atoms with Crippen molar-refractivity contribution in [3.63, 3.8) is 0 Å². The number of sulfonamides is 1. The first-order valence-corrected chi connectivity index (χ1v) is 9.06. The molecule has 3 rings (SSSR count). The van der Waals surface area contributed by atoms with Crippen molar-refractivity contribution >= 4 is 10.0 Å². The number of hydrogen-bond donors (Lipinski definition) is 0. The molecule has 0 aliphatic heterocycles. The number of nitrogens with zero attached hydrogens (tertiary/aromatic N) is 4. The maximum atomic E-state index is 13.1. The average molecular weight is 400 g/mol. The van der Waals surface area contributed by atoms with E-state index in [2.05, 4.69) is 9.97 Å². The Morgan fingerprint density at radius 1 is 1.11 bits per heavy atom. The van der Waals surface area contributed by atoms with Crippen LogP contribution in [0.1, 0.15) is 11.6 Å². The van der Waals surface area contributed by atoms with Gasteiger partial charge in [-0.05, 0) is 24.3 Å². The zero-order chi connectivity index (χ0) is 20.0. The van der Waals surface area contributed by atoms with Gasteiger partial charge in [0, 0.05) is 32.9 Å². The lowest BCUT2D eigenvalue weighted by molar-refractivity contribution is -0.140. The Kier molecular flexibility index (Phi) is 4.60. The topological polar surface area (TPSA) is 81.2 Å². The molecule has 1 aromatic carbocycles. The molecule has 0 spiro atoms. The molecule has 0 aliphatic rings. The van der Waals surface area contributed by atoms with Gasteiger partial charge in [0.1, 0.15) is 12.0 Å². The summed E-state index contributed by atoms with van der Waals surface area (Å²) in [6, 6.07) is 5.43. The predicted molar refractivity (Wildman–Crippen MR) is 89.7 cm³/mol. The summed E-state index contributed by atoms with van der Waals surface area (Å²) in [5.74, 6) is 0.211. The lowest BCUT2D eigenvalue weighted by atomic mass is 10.3. The van der Waals surface area contributed by atoms with Gasteiger partial charge in [0.05, 0.1) is 4.90 Å². The molecular formula is C16H15F3N4O3S. The molecule has 0 saturated heterocycles. The Hall–Kier alpha value is -2.66. The second-order valence-corrected chi connectivity index (χ2v) is 8.00. The highest BCUT2D eigenvalue weighted by atomic mass is 32.2. The Labute approximate surface area is 153 Å². The van der Waals surface area contributed by atoms with E-state index in [1.165, 1.54) is 49.2 Å². The van der Waals surface area contributed by atoms with E-state index in [4.69, 9.17) is 4.42 Å². The summed E-state index contributed by atoms with van der Waals surface area (Å²) in [6.07, 6.45) is -2.61. The number of imidazole rings is 1. The third-order valence-electron chi connectivity index (χ3n) is 3.74. The monoisotopic (exact) mass is 400 g/mol. The molecule has 144 valence electrons. The molecule has 0 N–H and O–H groups in total. The smallest absolute Gasteiger partial charge is 0.434 e. The molecule has 0 amide bonds. The Morgan fingerprint density at radius 3 is 2.22 bits per heavy atom.